The molecular formula is C10H12AgN4O2S+2. The summed E-state index contributed by atoms with van der Waals surface area (Å²) in [6.45, 7) is 0. The van der Waals surface area contributed by atoms with Crippen LogP contribution in [0, 0.1) is 0 Å². The number of quaternary nitrogens is 1. The molecule has 8 heteroatoms. The SMILES string of the molecule is Nc1ccc([S+](=O)(O)[NH2+]c2ncccn2)cc1.[Ag]. The topological polar surface area (TPSA) is 106 Å². The molecule has 0 aliphatic rings. The molecule has 1 heterocycles. The Labute approximate surface area is 121 Å². The molecule has 2 rings (SSSR count). The Morgan fingerprint density at radius 1 is 1.17 bits per heavy atom. The third kappa shape index (κ3) is 3.70. The number of nitrogen functional groups attached to an aromatic ring is 1. The van der Waals surface area contributed by atoms with Crippen molar-refractivity contribution in [3.05, 3.63) is 42.7 Å². The molecule has 0 saturated carbocycles. The zero-order chi connectivity index (χ0) is 12.3. The molecule has 0 bridgehead atoms. The van der Waals surface area contributed by atoms with Gasteiger partial charge in [-0.2, -0.15) is 9.97 Å². The van der Waals surface area contributed by atoms with Crippen LogP contribution in [0.1, 0.15) is 0 Å². The summed E-state index contributed by atoms with van der Waals surface area (Å²) < 4.78 is 23.1. The van der Waals surface area contributed by atoms with Crippen molar-refractivity contribution in [1.29, 1.82) is 0 Å². The maximum atomic E-state index is 12.0. The van der Waals surface area contributed by atoms with E-state index in [2.05, 4.69) is 9.97 Å². The van der Waals surface area contributed by atoms with E-state index in [0.29, 0.717) is 5.69 Å². The van der Waals surface area contributed by atoms with Gasteiger partial charge in [0.2, 0.25) is 4.90 Å². The normalized spacial score (nSPS) is 13.4. The molecule has 0 amide bonds. The third-order valence-corrected chi connectivity index (χ3v) is 3.55. The zero-order valence-corrected chi connectivity index (χ0v) is 11.5. The van der Waals surface area contributed by atoms with Gasteiger partial charge in [0.15, 0.2) is 0 Å². The molecule has 0 spiro atoms. The van der Waals surface area contributed by atoms with Crippen molar-refractivity contribution in [2.75, 3.05) is 5.73 Å². The van der Waals surface area contributed by atoms with Crippen molar-refractivity contribution in [3.8, 4) is 0 Å². The summed E-state index contributed by atoms with van der Waals surface area (Å²) in [5.74, 6) is 0.219. The quantitative estimate of drug-likeness (QED) is 0.412. The van der Waals surface area contributed by atoms with Crippen molar-refractivity contribution in [2.45, 2.75) is 4.90 Å². The molecule has 1 unspecified atom stereocenters. The van der Waals surface area contributed by atoms with Gasteiger partial charge in [0.05, 0.1) is 0 Å². The summed E-state index contributed by atoms with van der Waals surface area (Å²) in [6, 6.07) is 7.81. The van der Waals surface area contributed by atoms with E-state index in [-0.39, 0.29) is 33.2 Å². The predicted molar refractivity (Wildman–Crippen MR) is 63.4 cm³/mol. The van der Waals surface area contributed by atoms with Gasteiger partial charge in [0.1, 0.15) is 0 Å². The van der Waals surface area contributed by atoms with E-state index in [0.717, 1.165) is 4.72 Å². The smallest absolute Gasteiger partial charge is 0.399 e. The van der Waals surface area contributed by atoms with E-state index in [1.54, 1.807) is 18.2 Å². The summed E-state index contributed by atoms with van der Waals surface area (Å²) in [5.41, 5.74) is 6.05. The number of nitrogens with two attached hydrogens (primary N) is 2. The molecule has 0 fully saturated rings. The second-order valence-corrected chi connectivity index (χ2v) is 5.21. The first kappa shape index (κ1) is 15.0. The molecule has 99 valence electrons. The van der Waals surface area contributed by atoms with Crippen molar-refractivity contribution in [1.82, 2.24) is 9.97 Å². The Hall–Kier alpha value is -1.09. The van der Waals surface area contributed by atoms with Crippen LogP contribution in [0.3, 0.4) is 0 Å². The van der Waals surface area contributed by atoms with E-state index in [1.807, 2.05) is 0 Å². The molecule has 0 saturated heterocycles. The minimum Gasteiger partial charge on any atom is -0.399 e. The standard InChI is InChI=1S/C10H11N4O2S.Ag/c11-8-2-4-9(5-3-8)17(15,16)14-10-12-6-1-7-13-10;/h1-7H,11,14H2;/q+1;/p+1. The molecule has 1 aromatic carbocycles. The van der Waals surface area contributed by atoms with Crippen LogP contribution in [-0.2, 0) is 37.0 Å². The number of anilines is 1. The largest absolute Gasteiger partial charge is 0.403 e. The van der Waals surface area contributed by atoms with Crippen LogP contribution < -0.4 is 10.5 Å². The summed E-state index contributed by atoms with van der Waals surface area (Å²) in [7, 11) is -3.29. The average molecular weight is 360 g/mol. The van der Waals surface area contributed by atoms with Crippen LogP contribution in [0.2, 0.25) is 0 Å². The second-order valence-electron chi connectivity index (χ2n) is 3.36. The third-order valence-electron chi connectivity index (χ3n) is 2.07. The Morgan fingerprint density at radius 2 is 1.72 bits per heavy atom. The molecule has 0 aliphatic carbocycles. The van der Waals surface area contributed by atoms with Gasteiger partial charge >= 0.3 is 16.3 Å². The fourth-order valence-corrected chi connectivity index (χ4v) is 2.31. The maximum absolute atomic E-state index is 12.0. The van der Waals surface area contributed by atoms with E-state index in [1.165, 1.54) is 24.5 Å². The molecule has 18 heavy (non-hydrogen) atoms. The zero-order valence-electron chi connectivity index (χ0n) is 9.16. The van der Waals surface area contributed by atoms with Crippen molar-refractivity contribution < 1.29 is 35.9 Å². The van der Waals surface area contributed by atoms with Crippen LogP contribution in [0.25, 0.3) is 0 Å². The van der Waals surface area contributed by atoms with Gasteiger partial charge in [-0.05, 0) is 18.2 Å². The number of aromatic nitrogens is 2. The van der Waals surface area contributed by atoms with Gasteiger partial charge < -0.3 is 5.73 Å². The minimum atomic E-state index is -3.29. The van der Waals surface area contributed by atoms with Gasteiger partial charge in [0, 0.05) is 56.8 Å². The number of rotatable bonds is 3. The van der Waals surface area contributed by atoms with Gasteiger partial charge in [-0.15, -0.1) is 4.55 Å². The molecule has 1 radical (unpaired) electrons. The van der Waals surface area contributed by atoms with E-state index < -0.39 is 10.4 Å². The maximum Gasteiger partial charge on any atom is 0.403 e. The number of hydrogen-bond donors (Lipinski definition) is 3. The van der Waals surface area contributed by atoms with E-state index in [4.69, 9.17) is 5.73 Å². The fourth-order valence-electron chi connectivity index (χ4n) is 1.25. The summed E-state index contributed by atoms with van der Waals surface area (Å²) in [4.78, 5) is 8.03. The molecule has 6 nitrogen and oxygen atoms in total. The van der Waals surface area contributed by atoms with Crippen LogP contribution in [-0.4, -0.2) is 14.5 Å². The fraction of sp³-hybridized carbons (Fsp3) is 0. The first-order valence-corrected chi connectivity index (χ1v) is 6.40. The molecule has 5 N–H and O–H groups in total. The van der Waals surface area contributed by atoms with Crippen LogP contribution in [0.4, 0.5) is 11.6 Å². The van der Waals surface area contributed by atoms with Gasteiger partial charge in [0.25, 0.3) is 0 Å². The number of nitrogens with zero attached hydrogens (tertiary/aromatic N) is 2. The summed E-state index contributed by atoms with van der Waals surface area (Å²) in [6.07, 6.45) is 3.02. The Balaban J connectivity index is 0.00000162. The number of benzene rings is 1. The average Bonchev–Trinajstić information content (AvgIpc) is 2.30. The molecule has 0 aliphatic heterocycles. The van der Waals surface area contributed by atoms with Crippen LogP contribution in [0.15, 0.2) is 47.6 Å². The van der Waals surface area contributed by atoms with E-state index >= 15 is 0 Å². The Kier molecular flexibility index (Phi) is 5.15. The molecule has 2 aromatic rings. The molecule has 1 aromatic heterocycles. The van der Waals surface area contributed by atoms with Crippen molar-refractivity contribution in [3.63, 3.8) is 0 Å². The van der Waals surface area contributed by atoms with Crippen LogP contribution in [0.5, 0.6) is 0 Å². The van der Waals surface area contributed by atoms with Gasteiger partial charge in [-0.25, -0.2) is 0 Å². The molecule has 1 atom stereocenters. The van der Waals surface area contributed by atoms with Gasteiger partial charge in [-0.1, -0.05) is 4.72 Å². The second kappa shape index (κ2) is 6.19. The van der Waals surface area contributed by atoms with Crippen LogP contribution >= 0.6 is 0 Å². The van der Waals surface area contributed by atoms with Crippen molar-refractivity contribution >= 4 is 22.0 Å². The minimum absolute atomic E-state index is 0. The first-order valence-electron chi connectivity index (χ1n) is 4.82. The van der Waals surface area contributed by atoms with Gasteiger partial charge in [-0.3, -0.25) is 0 Å². The summed E-state index contributed by atoms with van der Waals surface area (Å²) >= 11 is 0. The first-order chi connectivity index (χ1) is 8.08. The molecular weight excluding hydrogens is 348 g/mol. The summed E-state index contributed by atoms with van der Waals surface area (Å²) in [5, 5.41) is 0. The Morgan fingerprint density at radius 3 is 2.28 bits per heavy atom. The van der Waals surface area contributed by atoms with Crippen molar-refractivity contribution in [2.24, 2.45) is 0 Å². The predicted octanol–water partition coefficient (Wildman–Crippen LogP) is 0.198. The number of hydrogen-bond acceptors (Lipinski definition) is 4. The monoisotopic (exact) mass is 359 g/mol. The Bertz CT molecular complexity index is 550. The van der Waals surface area contributed by atoms with E-state index in [9.17, 15) is 8.76 Å².